The molecule has 282 valence electrons. The average Bonchev–Trinajstić information content (AvgIpc) is 3.10. The third-order valence-corrected chi connectivity index (χ3v) is 9.32. The normalized spacial score (nSPS) is 15.6. The number of nitro groups is 1. The number of alkyl halides is 3. The lowest BCUT2D eigenvalue weighted by molar-refractivity contribution is -0.384. The molecule has 2 aromatic rings. The molecule has 0 aromatic heterocycles. The number of nitro benzene ring substituents is 1. The molecule has 0 radical (unpaired) electrons. The number of rotatable bonds is 16. The number of hydrogen-bond acceptors (Lipinski definition) is 6. The summed E-state index contributed by atoms with van der Waals surface area (Å²) < 4.78 is 43.6. The number of aliphatic hydroxyl groups is 1. The summed E-state index contributed by atoms with van der Waals surface area (Å²) >= 11 is 0. The molecule has 3 rings (SSSR count). The second-order valence-electron chi connectivity index (χ2n) is 13.4. The number of non-ortho nitro benzene ring substituents is 1. The number of Topliss-reactive ketones (excluding diaryl/α,β-unsaturated/α-hetero) is 1. The van der Waals surface area contributed by atoms with Gasteiger partial charge in [-0.2, -0.15) is 13.2 Å². The average molecular weight is 706 g/mol. The Hall–Kier alpha value is -3.08. The van der Waals surface area contributed by atoms with Gasteiger partial charge in [-0.3, -0.25) is 19.8 Å². The van der Waals surface area contributed by atoms with Gasteiger partial charge in [0.25, 0.3) is 5.69 Å². The first-order valence-electron chi connectivity index (χ1n) is 18.4. The highest BCUT2D eigenvalue weighted by atomic mass is 19.4. The Bertz CT molecular complexity index is 1300. The number of hydrogen-bond donors (Lipinski definition) is 2. The maximum absolute atomic E-state index is 14.5. The minimum absolute atomic E-state index is 0.190. The van der Waals surface area contributed by atoms with Crippen LogP contribution in [0.1, 0.15) is 110 Å². The Morgan fingerprint density at radius 3 is 2.14 bits per heavy atom. The lowest BCUT2D eigenvalue weighted by atomic mass is 9.83. The second-order valence-corrected chi connectivity index (χ2v) is 13.4. The molecule has 1 heterocycles. The number of carbonyl (C=O) groups excluding carboxylic acids is 1. The van der Waals surface area contributed by atoms with Crippen molar-refractivity contribution in [2.45, 2.75) is 118 Å². The SMILES string of the molecule is CC(=O)C1CCNCC1.CCCC/C=C(\c1ccc([N+](=O)[O-])cc1C)C(O)(CN(CCC)CCC(C)CC)C(F)(F)F.CCc1ccccc1. The molecular weight excluding hydrogens is 643 g/mol. The fraction of sp³-hybridized carbons (Fsp3) is 0.625. The van der Waals surface area contributed by atoms with Gasteiger partial charge in [0.05, 0.1) is 4.92 Å². The number of piperidine rings is 1. The molecule has 2 N–H and O–H groups in total. The zero-order valence-corrected chi connectivity index (χ0v) is 31.5. The highest BCUT2D eigenvalue weighted by molar-refractivity contribution is 5.78. The summed E-state index contributed by atoms with van der Waals surface area (Å²) in [6, 6.07) is 14.2. The lowest BCUT2D eigenvalue weighted by Crippen LogP contribution is -2.55. The molecule has 0 spiro atoms. The molecule has 1 saturated heterocycles. The van der Waals surface area contributed by atoms with Crippen molar-refractivity contribution in [2.24, 2.45) is 11.8 Å². The summed E-state index contributed by atoms with van der Waals surface area (Å²) in [7, 11) is 0. The summed E-state index contributed by atoms with van der Waals surface area (Å²) in [5, 5.41) is 25.7. The Morgan fingerprint density at radius 1 is 1.06 bits per heavy atom. The predicted octanol–water partition coefficient (Wildman–Crippen LogP) is 9.74. The van der Waals surface area contributed by atoms with E-state index in [1.54, 1.807) is 18.7 Å². The van der Waals surface area contributed by atoms with E-state index in [2.05, 4.69) is 43.4 Å². The second kappa shape index (κ2) is 23.4. The highest BCUT2D eigenvalue weighted by Crippen LogP contribution is 2.43. The predicted molar refractivity (Wildman–Crippen MR) is 199 cm³/mol. The Kier molecular flexibility index (Phi) is 21.0. The molecule has 2 aromatic carbocycles. The van der Waals surface area contributed by atoms with Gasteiger partial charge in [0.1, 0.15) is 5.78 Å². The zero-order chi connectivity index (χ0) is 37.7. The van der Waals surface area contributed by atoms with Gasteiger partial charge in [0.15, 0.2) is 5.60 Å². The van der Waals surface area contributed by atoms with E-state index in [0.29, 0.717) is 55.5 Å². The number of carbonyl (C=O) groups is 1. The van der Waals surface area contributed by atoms with Crippen molar-refractivity contribution in [1.82, 2.24) is 10.2 Å². The Labute approximate surface area is 298 Å². The number of ketones is 1. The number of halogens is 3. The van der Waals surface area contributed by atoms with Crippen LogP contribution in [0, 0.1) is 28.9 Å². The van der Waals surface area contributed by atoms with E-state index < -0.39 is 23.2 Å². The van der Waals surface area contributed by atoms with E-state index in [4.69, 9.17) is 0 Å². The van der Waals surface area contributed by atoms with Crippen LogP contribution in [0.3, 0.4) is 0 Å². The molecule has 1 aliphatic rings. The van der Waals surface area contributed by atoms with Crippen LogP contribution in [0.4, 0.5) is 18.9 Å². The van der Waals surface area contributed by atoms with Gasteiger partial charge in [-0.25, -0.2) is 0 Å². The van der Waals surface area contributed by atoms with E-state index in [1.165, 1.54) is 29.8 Å². The third-order valence-electron chi connectivity index (χ3n) is 9.32. The van der Waals surface area contributed by atoms with Gasteiger partial charge in [-0.1, -0.05) is 90.3 Å². The standard InChI is InChI=1S/C25H39F3N2O3.C8H10.C7H13NO/c1-6-9-10-11-23(22-13-12-21(30(32)33)17-20(22)5)24(31,25(26,27)28)18-29(15-7-2)16-14-19(4)8-3;1-2-8-6-4-3-5-7-8;1-6(9)7-2-4-8-5-3-7/h11-13,17,19,31H,6-10,14-16,18H2,1-5H3;3-7H,2H2,1H3;7-8H,2-5H2,1H3/b23-11+;;. The number of allylic oxidation sites excluding steroid dienone is 1. The van der Waals surface area contributed by atoms with Crippen molar-refractivity contribution >= 4 is 17.0 Å². The van der Waals surface area contributed by atoms with E-state index >= 15 is 0 Å². The minimum Gasteiger partial charge on any atom is -0.375 e. The van der Waals surface area contributed by atoms with Gasteiger partial charge in [-0.05, 0) is 113 Å². The van der Waals surface area contributed by atoms with Crippen LogP contribution in [0.2, 0.25) is 0 Å². The first-order valence-corrected chi connectivity index (χ1v) is 18.4. The monoisotopic (exact) mass is 705 g/mol. The number of benzene rings is 2. The molecule has 1 aliphatic heterocycles. The summed E-state index contributed by atoms with van der Waals surface area (Å²) in [4.78, 5) is 23.0. The van der Waals surface area contributed by atoms with Crippen molar-refractivity contribution in [1.29, 1.82) is 0 Å². The van der Waals surface area contributed by atoms with E-state index in [9.17, 15) is 33.2 Å². The quantitative estimate of drug-likeness (QED) is 0.103. The molecule has 0 bridgehead atoms. The third kappa shape index (κ3) is 15.4. The Morgan fingerprint density at radius 2 is 1.70 bits per heavy atom. The maximum atomic E-state index is 14.5. The maximum Gasteiger partial charge on any atom is 0.422 e. The van der Waals surface area contributed by atoms with Crippen molar-refractivity contribution in [2.75, 3.05) is 32.7 Å². The van der Waals surface area contributed by atoms with Gasteiger partial charge >= 0.3 is 6.18 Å². The van der Waals surface area contributed by atoms with Crippen molar-refractivity contribution in [3.63, 3.8) is 0 Å². The summed E-state index contributed by atoms with van der Waals surface area (Å²) in [6.07, 6.45) is 3.96. The molecule has 2 unspecified atom stereocenters. The molecule has 7 nitrogen and oxygen atoms in total. The number of nitrogens with zero attached hydrogens (tertiary/aromatic N) is 2. The summed E-state index contributed by atoms with van der Waals surface area (Å²) in [5.74, 6) is 1.09. The lowest BCUT2D eigenvalue weighted by Gasteiger charge is -2.38. The summed E-state index contributed by atoms with van der Waals surface area (Å²) in [6.45, 7) is 15.7. The molecule has 10 heteroatoms. The molecule has 0 amide bonds. The van der Waals surface area contributed by atoms with E-state index in [1.807, 2.05) is 26.8 Å². The number of aryl methyl sites for hydroxylation is 2. The van der Waals surface area contributed by atoms with Crippen molar-refractivity contribution in [3.8, 4) is 0 Å². The zero-order valence-electron chi connectivity index (χ0n) is 31.5. The van der Waals surface area contributed by atoms with Crippen LogP contribution < -0.4 is 5.32 Å². The van der Waals surface area contributed by atoms with Crippen LogP contribution in [0.25, 0.3) is 5.57 Å². The van der Waals surface area contributed by atoms with Crippen LogP contribution >= 0.6 is 0 Å². The summed E-state index contributed by atoms with van der Waals surface area (Å²) in [5.41, 5.74) is -1.58. The van der Waals surface area contributed by atoms with Crippen LogP contribution in [-0.2, 0) is 11.2 Å². The van der Waals surface area contributed by atoms with Gasteiger partial charge in [0, 0.05) is 24.6 Å². The van der Waals surface area contributed by atoms with Gasteiger partial charge in [-0.15, -0.1) is 0 Å². The van der Waals surface area contributed by atoms with Crippen LogP contribution in [-0.4, -0.2) is 65.2 Å². The first kappa shape index (κ1) is 44.9. The van der Waals surface area contributed by atoms with Gasteiger partial charge in [0.2, 0.25) is 0 Å². The topological polar surface area (TPSA) is 95.7 Å². The Balaban J connectivity index is 0.000000588. The number of unbranched alkanes of at least 4 members (excludes halogenated alkanes) is 2. The molecular formula is C40H62F3N3O4. The fourth-order valence-electron chi connectivity index (χ4n) is 5.80. The van der Waals surface area contributed by atoms with Crippen molar-refractivity contribution < 1.29 is 28.0 Å². The largest absolute Gasteiger partial charge is 0.422 e. The minimum atomic E-state index is -4.92. The van der Waals surface area contributed by atoms with Crippen LogP contribution in [0.15, 0.2) is 54.6 Å². The molecule has 0 saturated carbocycles. The van der Waals surface area contributed by atoms with Crippen molar-refractivity contribution in [3.05, 3.63) is 81.4 Å². The van der Waals surface area contributed by atoms with Crippen LogP contribution in [0.5, 0.6) is 0 Å². The fourth-order valence-corrected chi connectivity index (χ4v) is 5.80. The smallest absolute Gasteiger partial charge is 0.375 e. The number of nitrogens with one attached hydrogen (secondary N) is 1. The molecule has 0 aliphatic carbocycles. The molecule has 1 fully saturated rings. The van der Waals surface area contributed by atoms with E-state index in [-0.39, 0.29) is 16.8 Å². The molecule has 50 heavy (non-hydrogen) atoms. The highest BCUT2D eigenvalue weighted by Gasteiger charge is 2.57. The van der Waals surface area contributed by atoms with Gasteiger partial charge < -0.3 is 10.4 Å². The van der Waals surface area contributed by atoms with E-state index in [0.717, 1.165) is 51.6 Å². The molecule has 2 atom stereocenters. The first-order chi connectivity index (χ1) is 23.6.